The molecule has 2 unspecified atom stereocenters. The van der Waals surface area contributed by atoms with Gasteiger partial charge in [0, 0.05) is 13.1 Å². The van der Waals surface area contributed by atoms with Gasteiger partial charge in [0.25, 0.3) is 0 Å². The first-order chi connectivity index (χ1) is 8.81. The van der Waals surface area contributed by atoms with Crippen molar-refractivity contribution in [3.05, 3.63) is 35.4 Å². The molecular formula is C15H24N2O. The predicted molar refractivity (Wildman–Crippen MR) is 74.6 cm³/mol. The van der Waals surface area contributed by atoms with Crippen molar-refractivity contribution in [3.8, 4) is 0 Å². The molecular weight excluding hydrogens is 224 g/mol. The van der Waals surface area contributed by atoms with Gasteiger partial charge in [0.2, 0.25) is 0 Å². The minimum absolute atomic E-state index is 0.117. The number of hydrogen-bond donors (Lipinski definition) is 1. The number of nitrogens with two attached hydrogens (primary N) is 1. The minimum atomic E-state index is 0.117. The molecule has 0 aromatic heterocycles. The average molecular weight is 248 g/mol. The van der Waals surface area contributed by atoms with Gasteiger partial charge in [-0.2, -0.15) is 0 Å². The van der Waals surface area contributed by atoms with E-state index in [1.54, 1.807) is 0 Å². The molecule has 0 amide bonds. The van der Waals surface area contributed by atoms with Crippen LogP contribution in [-0.4, -0.2) is 37.2 Å². The van der Waals surface area contributed by atoms with Crippen LogP contribution < -0.4 is 5.73 Å². The molecule has 0 radical (unpaired) electrons. The molecule has 18 heavy (non-hydrogen) atoms. The van der Waals surface area contributed by atoms with Crippen LogP contribution in [0, 0.1) is 0 Å². The zero-order valence-corrected chi connectivity index (χ0v) is 11.4. The minimum Gasteiger partial charge on any atom is -0.374 e. The van der Waals surface area contributed by atoms with Crippen LogP contribution in [0.3, 0.4) is 0 Å². The number of nitrogens with zero attached hydrogens (tertiary/aromatic N) is 1. The monoisotopic (exact) mass is 248 g/mol. The van der Waals surface area contributed by atoms with Crippen LogP contribution in [0.1, 0.15) is 31.0 Å². The molecule has 0 saturated carbocycles. The van der Waals surface area contributed by atoms with Gasteiger partial charge in [-0.25, -0.2) is 0 Å². The Balaban J connectivity index is 2.36. The number of hydrogen-bond acceptors (Lipinski definition) is 3. The summed E-state index contributed by atoms with van der Waals surface area (Å²) in [5.41, 5.74) is 8.68. The zero-order valence-electron chi connectivity index (χ0n) is 11.4. The van der Waals surface area contributed by atoms with Gasteiger partial charge in [-0.1, -0.05) is 38.1 Å². The van der Waals surface area contributed by atoms with Crippen LogP contribution in [0.5, 0.6) is 0 Å². The van der Waals surface area contributed by atoms with Crippen LogP contribution in [0.2, 0.25) is 0 Å². The second-order valence-electron chi connectivity index (χ2n) is 4.77. The van der Waals surface area contributed by atoms with E-state index >= 15 is 0 Å². The van der Waals surface area contributed by atoms with Crippen LogP contribution in [-0.2, 0) is 11.2 Å². The maximum Gasteiger partial charge on any atom is 0.0894 e. The van der Waals surface area contributed by atoms with Crippen molar-refractivity contribution in [3.63, 3.8) is 0 Å². The first-order valence-corrected chi connectivity index (χ1v) is 6.95. The maximum atomic E-state index is 5.89. The molecule has 1 aromatic carbocycles. The lowest BCUT2D eigenvalue weighted by molar-refractivity contribution is -0.0660. The van der Waals surface area contributed by atoms with Gasteiger partial charge >= 0.3 is 0 Å². The Morgan fingerprint density at radius 2 is 2.11 bits per heavy atom. The van der Waals surface area contributed by atoms with Crippen LogP contribution >= 0.6 is 0 Å². The molecule has 2 rings (SSSR count). The summed E-state index contributed by atoms with van der Waals surface area (Å²) in [4.78, 5) is 2.48. The molecule has 2 atom stereocenters. The van der Waals surface area contributed by atoms with Gasteiger partial charge < -0.3 is 10.5 Å². The van der Waals surface area contributed by atoms with E-state index in [4.69, 9.17) is 10.5 Å². The van der Waals surface area contributed by atoms with Gasteiger partial charge in [-0.05, 0) is 24.1 Å². The van der Waals surface area contributed by atoms with Crippen molar-refractivity contribution in [1.29, 1.82) is 0 Å². The van der Waals surface area contributed by atoms with Crippen molar-refractivity contribution in [1.82, 2.24) is 4.90 Å². The van der Waals surface area contributed by atoms with Crippen LogP contribution in [0.15, 0.2) is 24.3 Å². The molecule has 1 aliphatic rings. The molecule has 2 N–H and O–H groups in total. The van der Waals surface area contributed by atoms with E-state index in [0.29, 0.717) is 12.6 Å². The molecule has 3 nitrogen and oxygen atoms in total. The fourth-order valence-corrected chi connectivity index (χ4v) is 2.88. The van der Waals surface area contributed by atoms with Crippen LogP contribution in [0.4, 0.5) is 0 Å². The molecule has 1 aliphatic heterocycles. The quantitative estimate of drug-likeness (QED) is 0.885. The van der Waals surface area contributed by atoms with Crippen molar-refractivity contribution in [2.45, 2.75) is 32.4 Å². The second kappa shape index (κ2) is 6.32. The molecule has 0 aliphatic carbocycles. The van der Waals surface area contributed by atoms with Crippen molar-refractivity contribution in [2.75, 3.05) is 26.2 Å². The summed E-state index contributed by atoms with van der Waals surface area (Å²) in [6.07, 6.45) is 1.17. The average Bonchev–Trinajstić information content (AvgIpc) is 2.46. The Hall–Kier alpha value is -0.900. The molecule has 0 bridgehead atoms. The summed E-state index contributed by atoms with van der Waals surface area (Å²) in [5.74, 6) is 0. The molecule has 100 valence electrons. The number of rotatable bonds is 4. The molecule has 1 fully saturated rings. The Labute approximate surface area is 110 Å². The van der Waals surface area contributed by atoms with Gasteiger partial charge in [0.1, 0.15) is 0 Å². The summed E-state index contributed by atoms with van der Waals surface area (Å²) in [7, 11) is 0. The molecule has 0 spiro atoms. The lowest BCUT2D eigenvalue weighted by atomic mass is 9.92. The van der Waals surface area contributed by atoms with Gasteiger partial charge in [-0.3, -0.25) is 4.90 Å². The van der Waals surface area contributed by atoms with Gasteiger partial charge in [0.15, 0.2) is 0 Å². The van der Waals surface area contributed by atoms with Crippen molar-refractivity contribution >= 4 is 0 Å². The molecule has 3 heteroatoms. The van der Waals surface area contributed by atoms with E-state index in [1.807, 2.05) is 0 Å². The van der Waals surface area contributed by atoms with E-state index in [1.165, 1.54) is 11.1 Å². The van der Waals surface area contributed by atoms with Gasteiger partial charge in [-0.15, -0.1) is 0 Å². The largest absolute Gasteiger partial charge is 0.374 e. The first kappa shape index (κ1) is 13.5. The fourth-order valence-electron chi connectivity index (χ4n) is 2.88. The highest BCUT2D eigenvalue weighted by atomic mass is 16.5. The van der Waals surface area contributed by atoms with E-state index < -0.39 is 0 Å². The molecule has 1 aromatic rings. The predicted octanol–water partition coefficient (Wildman–Crippen LogP) is 1.97. The van der Waals surface area contributed by atoms with E-state index in [-0.39, 0.29) is 6.10 Å². The SMILES string of the molecule is CCc1ccccc1C1C(CN)OCCN1CC. The zero-order chi connectivity index (χ0) is 13.0. The maximum absolute atomic E-state index is 5.89. The Morgan fingerprint density at radius 3 is 2.78 bits per heavy atom. The molecule has 1 heterocycles. The van der Waals surface area contributed by atoms with E-state index in [2.05, 4.69) is 43.0 Å². The highest BCUT2D eigenvalue weighted by molar-refractivity contribution is 5.31. The third kappa shape index (κ3) is 2.58. The third-order valence-corrected chi connectivity index (χ3v) is 3.85. The number of aryl methyl sites for hydroxylation is 1. The molecule has 1 saturated heterocycles. The second-order valence-corrected chi connectivity index (χ2v) is 4.77. The highest BCUT2D eigenvalue weighted by Gasteiger charge is 2.32. The third-order valence-electron chi connectivity index (χ3n) is 3.85. The highest BCUT2D eigenvalue weighted by Crippen LogP contribution is 2.31. The van der Waals surface area contributed by atoms with Crippen molar-refractivity contribution < 1.29 is 4.74 Å². The van der Waals surface area contributed by atoms with Crippen LogP contribution in [0.25, 0.3) is 0 Å². The Kier molecular flexibility index (Phi) is 4.75. The lowest BCUT2D eigenvalue weighted by Crippen LogP contribution is -2.48. The summed E-state index contributed by atoms with van der Waals surface area (Å²) in [6, 6.07) is 8.98. The number of morpholine rings is 1. The summed E-state index contributed by atoms with van der Waals surface area (Å²) >= 11 is 0. The van der Waals surface area contributed by atoms with Gasteiger partial charge in [0.05, 0.1) is 18.8 Å². The number of likely N-dealkylation sites (N-methyl/N-ethyl adjacent to an activating group) is 1. The standard InChI is InChI=1S/C15H24N2O/c1-3-12-7-5-6-8-13(12)15-14(11-16)18-10-9-17(15)4-2/h5-8,14-15H,3-4,9-11,16H2,1-2H3. The topological polar surface area (TPSA) is 38.5 Å². The first-order valence-electron chi connectivity index (χ1n) is 6.95. The number of benzene rings is 1. The van der Waals surface area contributed by atoms with Crippen molar-refractivity contribution in [2.24, 2.45) is 5.73 Å². The normalized spacial score (nSPS) is 25.3. The lowest BCUT2D eigenvalue weighted by Gasteiger charge is -2.41. The fraction of sp³-hybridized carbons (Fsp3) is 0.600. The Morgan fingerprint density at radius 1 is 1.33 bits per heavy atom. The Bertz CT molecular complexity index is 369. The van der Waals surface area contributed by atoms with E-state index in [0.717, 1.165) is 26.1 Å². The smallest absolute Gasteiger partial charge is 0.0894 e. The number of ether oxygens (including phenoxy) is 1. The summed E-state index contributed by atoms with van der Waals surface area (Å²) in [5, 5.41) is 0. The summed E-state index contributed by atoms with van der Waals surface area (Å²) in [6.45, 7) is 7.83. The summed E-state index contributed by atoms with van der Waals surface area (Å²) < 4.78 is 5.86. The van der Waals surface area contributed by atoms with E-state index in [9.17, 15) is 0 Å².